The van der Waals surface area contributed by atoms with Crippen molar-refractivity contribution in [1.82, 2.24) is 15.5 Å². The van der Waals surface area contributed by atoms with E-state index in [0.29, 0.717) is 25.0 Å². The van der Waals surface area contributed by atoms with Crippen molar-refractivity contribution in [2.75, 3.05) is 13.7 Å². The Morgan fingerprint density at radius 2 is 1.55 bits per heavy atom. The summed E-state index contributed by atoms with van der Waals surface area (Å²) < 4.78 is 5.10. The highest BCUT2D eigenvalue weighted by atomic mass is 16.5. The van der Waals surface area contributed by atoms with Crippen molar-refractivity contribution in [3.8, 4) is 0 Å². The Bertz CT molecular complexity index is 668. The minimum Gasteiger partial charge on any atom is -0.463 e. The van der Waals surface area contributed by atoms with Crippen LogP contribution in [0.4, 0.5) is 0 Å². The van der Waals surface area contributed by atoms with Gasteiger partial charge in [0.25, 0.3) is 0 Å². The number of carbonyl (C=O) groups is 3. The smallest absolute Gasteiger partial charge is 0.333 e. The summed E-state index contributed by atoms with van der Waals surface area (Å²) in [6.45, 7) is 19.8. The second-order valence-corrected chi connectivity index (χ2v) is 9.68. The van der Waals surface area contributed by atoms with E-state index in [-0.39, 0.29) is 41.7 Å². The molecular formula is C26H49N3O4. The lowest BCUT2D eigenvalue weighted by Crippen LogP contribution is -2.63. The average molecular weight is 468 g/mol. The minimum atomic E-state index is -0.726. The first-order valence-corrected chi connectivity index (χ1v) is 12.5. The predicted octanol–water partition coefficient (Wildman–Crippen LogP) is 4.07. The van der Waals surface area contributed by atoms with Crippen molar-refractivity contribution in [1.29, 1.82) is 0 Å². The van der Waals surface area contributed by atoms with Gasteiger partial charge in [0.05, 0.1) is 18.2 Å². The number of carbonyl (C=O) groups excluding carboxylic acids is 3. The van der Waals surface area contributed by atoms with E-state index in [1.807, 2.05) is 55.4 Å². The first-order valence-electron chi connectivity index (χ1n) is 12.5. The second kappa shape index (κ2) is 14.4. The van der Waals surface area contributed by atoms with E-state index in [0.717, 1.165) is 6.42 Å². The van der Waals surface area contributed by atoms with Crippen molar-refractivity contribution in [3.63, 3.8) is 0 Å². The van der Waals surface area contributed by atoms with Crippen molar-refractivity contribution >= 4 is 17.8 Å². The molecule has 0 aromatic heterocycles. The summed E-state index contributed by atoms with van der Waals surface area (Å²) in [7, 11) is 1.74. The quantitative estimate of drug-likeness (QED) is 0.297. The summed E-state index contributed by atoms with van der Waals surface area (Å²) in [4.78, 5) is 40.9. The zero-order valence-corrected chi connectivity index (χ0v) is 22.9. The number of hydrogen-bond donors (Lipinski definition) is 2. The molecular weight excluding hydrogens is 418 g/mol. The van der Waals surface area contributed by atoms with Gasteiger partial charge in [-0.05, 0) is 52.4 Å². The van der Waals surface area contributed by atoms with Crippen molar-refractivity contribution in [3.05, 3.63) is 11.6 Å². The van der Waals surface area contributed by atoms with Crippen LogP contribution in [0.15, 0.2) is 11.6 Å². The number of amides is 2. The number of ether oxygens (including phenoxy) is 1. The van der Waals surface area contributed by atoms with Crippen LogP contribution in [0.3, 0.4) is 0 Å². The summed E-state index contributed by atoms with van der Waals surface area (Å²) in [6, 6.07) is -0.824. The van der Waals surface area contributed by atoms with Crippen molar-refractivity contribution in [2.24, 2.45) is 11.8 Å². The Labute approximate surface area is 202 Å². The van der Waals surface area contributed by atoms with Crippen LogP contribution in [-0.4, -0.2) is 60.0 Å². The molecule has 0 rings (SSSR count). The largest absolute Gasteiger partial charge is 0.463 e. The first kappa shape index (κ1) is 31.1. The van der Waals surface area contributed by atoms with Crippen molar-refractivity contribution in [2.45, 2.75) is 112 Å². The molecule has 0 saturated carbocycles. The van der Waals surface area contributed by atoms with Crippen molar-refractivity contribution < 1.29 is 19.1 Å². The fourth-order valence-electron chi connectivity index (χ4n) is 4.04. The number of esters is 1. The lowest BCUT2D eigenvalue weighted by molar-refractivity contribution is -0.140. The maximum absolute atomic E-state index is 13.7. The Kier molecular flexibility index (Phi) is 13.6. The third-order valence-electron chi connectivity index (χ3n) is 6.47. The third kappa shape index (κ3) is 8.76. The maximum Gasteiger partial charge on any atom is 0.333 e. The van der Waals surface area contributed by atoms with Gasteiger partial charge in [-0.15, -0.1) is 0 Å². The second-order valence-electron chi connectivity index (χ2n) is 9.68. The average Bonchev–Trinajstić information content (AvgIpc) is 2.77. The Hall–Kier alpha value is -1.89. The van der Waals surface area contributed by atoms with E-state index >= 15 is 0 Å². The molecule has 0 aromatic carbocycles. The van der Waals surface area contributed by atoms with Gasteiger partial charge in [0.2, 0.25) is 11.8 Å². The standard InChI is InChI=1S/C26H49N3O4/c1-12-19(9)22(27-25(32)26(13-2,14-3)28-18(7)8)23(30)29(11)21(17(5)6)16-20(10)24(31)33-15-4/h16-19,21-22,28H,12-15H2,1-11H3,(H,27,32)/b20-16+. The van der Waals surface area contributed by atoms with E-state index in [2.05, 4.69) is 10.6 Å². The molecule has 0 spiro atoms. The fraction of sp³-hybridized carbons (Fsp3) is 0.808. The van der Waals surface area contributed by atoms with Gasteiger partial charge in [0.1, 0.15) is 6.04 Å². The molecule has 33 heavy (non-hydrogen) atoms. The van der Waals surface area contributed by atoms with E-state index in [4.69, 9.17) is 4.74 Å². The molecule has 0 saturated heterocycles. The number of nitrogens with zero attached hydrogens (tertiary/aromatic N) is 1. The van der Waals surface area contributed by atoms with E-state index in [1.165, 1.54) is 0 Å². The molecule has 0 aliphatic heterocycles. The topological polar surface area (TPSA) is 87.7 Å². The van der Waals surface area contributed by atoms with Crippen LogP contribution < -0.4 is 10.6 Å². The molecule has 2 amide bonds. The summed E-state index contributed by atoms with van der Waals surface area (Å²) in [6.07, 6.45) is 3.79. The molecule has 0 fully saturated rings. The molecule has 0 aromatic rings. The summed E-state index contributed by atoms with van der Waals surface area (Å²) in [5.41, 5.74) is -0.257. The number of nitrogens with one attached hydrogen (secondary N) is 2. The highest BCUT2D eigenvalue weighted by Crippen LogP contribution is 2.21. The zero-order chi connectivity index (χ0) is 25.9. The highest BCUT2D eigenvalue weighted by molar-refractivity contribution is 5.92. The van der Waals surface area contributed by atoms with Crippen LogP contribution in [0, 0.1) is 11.8 Å². The summed E-state index contributed by atoms with van der Waals surface area (Å²) in [5, 5.41) is 6.50. The monoisotopic (exact) mass is 467 g/mol. The number of rotatable bonds is 14. The van der Waals surface area contributed by atoms with Gasteiger partial charge in [-0.2, -0.15) is 0 Å². The minimum absolute atomic E-state index is 0.0442. The molecule has 0 bridgehead atoms. The van der Waals surface area contributed by atoms with Crippen LogP contribution in [0.2, 0.25) is 0 Å². The lowest BCUT2D eigenvalue weighted by Gasteiger charge is -2.38. The molecule has 2 N–H and O–H groups in total. The van der Waals surface area contributed by atoms with Crippen LogP contribution >= 0.6 is 0 Å². The van der Waals surface area contributed by atoms with E-state index in [9.17, 15) is 14.4 Å². The molecule has 0 heterocycles. The van der Waals surface area contributed by atoms with E-state index in [1.54, 1.807) is 31.9 Å². The van der Waals surface area contributed by atoms with Crippen LogP contribution in [-0.2, 0) is 19.1 Å². The van der Waals surface area contributed by atoms with Crippen LogP contribution in [0.25, 0.3) is 0 Å². The van der Waals surface area contributed by atoms with Gasteiger partial charge < -0.3 is 20.3 Å². The third-order valence-corrected chi connectivity index (χ3v) is 6.47. The Morgan fingerprint density at radius 1 is 1.00 bits per heavy atom. The van der Waals surface area contributed by atoms with Gasteiger partial charge >= 0.3 is 5.97 Å². The Morgan fingerprint density at radius 3 is 1.94 bits per heavy atom. The highest BCUT2D eigenvalue weighted by Gasteiger charge is 2.39. The number of hydrogen-bond acceptors (Lipinski definition) is 5. The first-order chi connectivity index (χ1) is 15.3. The summed E-state index contributed by atoms with van der Waals surface area (Å²) in [5.74, 6) is -0.657. The maximum atomic E-state index is 13.7. The fourth-order valence-corrected chi connectivity index (χ4v) is 4.04. The lowest BCUT2D eigenvalue weighted by atomic mass is 9.88. The van der Waals surface area contributed by atoms with Gasteiger partial charge in [0.15, 0.2) is 0 Å². The summed E-state index contributed by atoms with van der Waals surface area (Å²) >= 11 is 0. The Balaban J connectivity index is 6.00. The van der Waals surface area contributed by atoms with Gasteiger partial charge in [-0.3, -0.25) is 9.59 Å². The molecule has 0 radical (unpaired) electrons. The molecule has 192 valence electrons. The number of likely N-dealkylation sites (N-methyl/N-ethyl adjacent to an activating group) is 1. The zero-order valence-electron chi connectivity index (χ0n) is 22.9. The van der Waals surface area contributed by atoms with Crippen LogP contribution in [0.1, 0.15) is 88.5 Å². The van der Waals surface area contributed by atoms with Gasteiger partial charge in [-0.1, -0.05) is 54.0 Å². The van der Waals surface area contributed by atoms with Gasteiger partial charge in [0, 0.05) is 18.7 Å². The normalized spacial score (nSPS) is 15.2. The molecule has 0 aliphatic rings. The molecule has 7 nitrogen and oxygen atoms in total. The molecule has 7 heteroatoms. The molecule has 3 unspecified atom stereocenters. The molecule has 3 atom stereocenters. The SMILES string of the molecule is CCOC(=O)/C(C)=C/C(C(C)C)N(C)C(=O)C(NC(=O)C(CC)(CC)NC(C)C)C(C)CC. The van der Waals surface area contributed by atoms with Crippen LogP contribution in [0.5, 0.6) is 0 Å². The molecule has 0 aliphatic carbocycles. The van der Waals surface area contributed by atoms with Gasteiger partial charge in [-0.25, -0.2) is 4.79 Å². The predicted molar refractivity (Wildman–Crippen MR) is 135 cm³/mol. The van der Waals surface area contributed by atoms with E-state index < -0.39 is 11.6 Å².